The van der Waals surface area contributed by atoms with E-state index in [1.807, 2.05) is 0 Å². The molecule has 0 saturated heterocycles. The van der Waals surface area contributed by atoms with Crippen LogP contribution in [0.15, 0.2) is 18.3 Å². The molecule has 0 fully saturated rings. The Kier molecular flexibility index (Phi) is 5.84. The molecular formula is C13H17NO4. The van der Waals surface area contributed by atoms with Crippen molar-refractivity contribution in [1.82, 2.24) is 4.98 Å². The first kappa shape index (κ1) is 14.2. The van der Waals surface area contributed by atoms with Crippen LogP contribution in [0.25, 0.3) is 0 Å². The number of esters is 1. The molecule has 1 aromatic rings. The van der Waals surface area contributed by atoms with Crippen LogP contribution in [0.3, 0.4) is 0 Å². The Labute approximate surface area is 106 Å². The van der Waals surface area contributed by atoms with Crippen LogP contribution >= 0.6 is 0 Å². The first-order valence-electron chi connectivity index (χ1n) is 5.93. The molecule has 0 saturated carbocycles. The standard InChI is InChI=1S/C13H17NO4/c1-3-4-5-8-11-10(7-6-9-14-11)12(15)18-13(16)17-2/h6-7,9H,3-5,8H2,1-2H3. The highest BCUT2D eigenvalue weighted by molar-refractivity contribution is 5.96. The lowest BCUT2D eigenvalue weighted by molar-refractivity contribution is 0.0450. The number of hydrogen-bond donors (Lipinski definition) is 0. The lowest BCUT2D eigenvalue weighted by atomic mass is 10.1. The van der Waals surface area contributed by atoms with E-state index >= 15 is 0 Å². The zero-order valence-corrected chi connectivity index (χ0v) is 10.6. The van der Waals surface area contributed by atoms with Gasteiger partial charge in [-0.3, -0.25) is 4.98 Å². The maximum atomic E-state index is 11.7. The first-order chi connectivity index (χ1) is 8.69. The van der Waals surface area contributed by atoms with Crippen LogP contribution in [-0.4, -0.2) is 24.2 Å². The summed E-state index contributed by atoms with van der Waals surface area (Å²) in [5.41, 5.74) is 0.971. The number of hydrogen-bond acceptors (Lipinski definition) is 5. The van der Waals surface area contributed by atoms with E-state index in [1.165, 1.54) is 0 Å². The van der Waals surface area contributed by atoms with Gasteiger partial charge in [0.25, 0.3) is 0 Å². The Morgan fingerprint density at radius 2 is 2.11 bits per heavy atom. The molecule has 0 atom stereocenters. The van der Waals surface area contributed by atoms with Gasteiger partial charge in [0.2, 0.25) is 0 Å². The molecule has 1 rings (SSSR count). The Bertz CT molecular complexity index is 417. The minimum Gasteiger partial charge on any atom is -0.437 e. The van der Waals surface area contributed by atoms with Crippen LogP contribution < -0.4 is 0 Å². The Hall–Kier alpha value is -1.91. The summed E-state index contributed by atoms with van der Waals surface area (Å²) in [7, 11) is 1.15. The monoisotopic (exact) mass is 251 g/mol. The van der Waals surface area contributed by atoms with Gasteiger partial charge in [-0.15, -0.1) is 0 Å². The molecule has 98 valence electrons. The van der Waals surface area contributed by atoms with E-state index in [1.54, 1.807) is 18.3 Å². The van der Waals surface area contributed by atoms with E-state index in [9.17, 15) is 9.59 Å². The number of unbranched alkanes of at least 4 members (excludes halogenated alkanes) is 2. The zero-order valence-electron chi connectivity index (χ0n) is 10.6. The van der Waals surface area contributed by atoms with Gasteiger partial charge in [-0.1, -0.05) is 19.8 Å². The second-order valence-electron chi connectivity index (χ2n) is 3.80. The lowest BCUT2D eigenvalue weighted by Crippen LogP contribution is -2.14. The summed E-state index contributed by atoms with van der Waals surface area (Å²) < 4.78 is 8.77. The summed E-state index contributed by atoms with van der Waals surface area (Å²) in [6.45, 7) is 2.10. The van der Waals surface area contributed by atoms with Crippen molar-refractivity contribution in [2.24, 2.45) is 0 Å². The summed E-state index contributed by atoms with van der Waals surface area (Å²) in [6.07, 6.45) is 4.42. The highest BCUT2D eigenvalue weighted by Gasteiger charge is 2.17. The van der Waals surface area contributed by atoms with Gasteiger partial charge in [-0.2, -0.15) is 0 Å². The fourth-order valence-electron chi connectivity index (χ4n) is 1.54. The number of methoxy groups -OCH3 is 1. The van der Waals surface area contributed by atoms with E-state index < -0.39 is 12.1 Å². The van der Waals surface area contributed by atoms with Crippen molar-refractivity contribution in [3.05, 3.63) is 29.6 Å². The summed E-state index contributed by atoms with van der Waals surface area (Å²) in [5, 5.41) is 0. The third-order valence-corrected chi connectivity index (χ3v) is 2.47. The first-order valence-corrected chi connectivity index (χ1v) is 5.93. The number of carbonyl (C=O) groups is 2. The number of aryl methyl sites for hydroxylation is 1. The van der Waals surface area contributed by atoms with Crippen LogP contribution in [0.2, 0.25) is 0 Å². The normalized spacial score (nSPS) is 9.89. The molecule has 5 heteroatoms. The van der Waals surface area contributed by atoms with Crippen molar-refractivity contribution in [2.45, 2.75) is 32.6 Å². The van der Waals surface area contributed by atoms with Gasteiger partial charge in [0.15, 0.2) is 0 Å². The predicted molar refractivity (Wildman–Crippen MR) is 65.3 cm³/mol. The molecular weight excluding hydrogens is 234 g/mol. The fraction of sp³-hybridized carbons (Fsp3) is 0.462. The zero-order chi connectivity index (χ0) is 13.4. The number of pyridine rings is 1. The molecule has 0 radical (unpaired) electrons. The minimum atomic E-state index is -1.01. The highest BCUT2D eigenvalue weighted by Crippen LogP contribution is 2.11. The molecule has 0 spiro atoms. The van der Waals surface area contributed by atoms with Crippen LogP contribution in [0.4, 0.5) is 4.79 Å². The van der Waals surface area contributed by atoms with Gasteiger partial charge in [0.05, 0.1) is 18.4 Å². The number of carbonyl (C=O) groups excluding carboxylic acids is 2. The second-order valence-corrected chi connectivity index (χ2v) is 3.80. The number of ether oxygens (including phenoxy) is 2. The molecule has 0 aliphatic carbocycles. The highest BCUT2D eigenvalue weighted by atomic mass is 16.7. The van der Waals surface area contributed by atoms with Gasteiger partial charge in [0.1, 0.15) is 0 Å². The molecule has 0 aliphatic heterocycles. The fourth-order valence-corrected chi connectivity index (χ4v) is 1.54. The predicted octanol–water partition coefficient (Wildman–Crippen LogP) is 2.74. The Balaban J connectivity index is 2.74. The summed E-state index contributed by atoms with van der Waals surface area (Å²) >= 11 is 0. The molecule has 5 nitrogen and oxygen atoms in total. The van der Waals surface area contributed by atoms with E-state index in [0.29, 0.717) is 17.7 Å². The van der Waals surface area contributed by atoms with E-state index in [4.69, 9.17) is 0 Å². The molecule has 1 heterocycles. The molecule has 0 N–H and O–H groups in total. The van der Waals surface area contributed by atoms with Crippen molar-refractivity contribution in [2.75, 3.05) is 7.11 Å². The summed E-state index contributed by atoms with van der Waals surface area (Å²) in [6, 6.07) is 3.23. The van der Waals surface area contributed by atoms with E-state index in [2.05, 4.69) is 21.4 Å². The Morgan fingerprint density at radius 3 is 2.78 bits per heavy atom. The van der Waals surface area contributed by atoms with Crippen LogP contribution in [0.5, 0.6) is 0 Å². The number of rotatable bonds is 5. The molecule has 0 bridgehead atoms. The summed E-state index contributed by atoms with van der Waals surface area (Å²) in [5.74, 6) is -0.721. The lowest BCUT2D eigenvalue weighted by Gasteiger charge is -2.06. The van der Waals surface area contributed by atoms with Gasteiger partial charge < -0.3 is 9.47 Å². The van der Waals surface area contributed by atoms with Crippen LogP contribution in [0.1, 0.15) is 42.2 Å². The van der Waals surface area contributed by atoms with Gasteiger partial charge in [-0.05, 0) is 25.0 Å². The topological polar surface area (TPSA) is 65.5 Å². The molecule has 0 amide bonds. The molecule has 0 unspecified atom stereocenters. The Morgan fingerprint density at radius 1 is 1.33 bits per heavy atom. The third-order valence-electron chi connectivity index (χ3n) is 2.47. The van der Waals surface area contributed by atoms with Crippen molar-refractivity contribution in [3.8, 4) is 0 Å². The van der Waals surface area contributed by atoms with Gasteiger partial charge in [0, 0.05) is 6.20 Å². The maximum Gasteiger partial charge on any atom is 0.516 e. The quantitative estimate of drug-likeness (QED) is 0.457. The van der Waals surface area contributed by atoms with Crippen LogP contribution in [0, 0.1) is 0 Å². The van der Waals surface area contributed by atoms with E-state index in [0.717, 1.165) is 26.4 Å². The van der Waals surface area contributed by atoms with Crippen molar-refractivity contribution >= 4 is 12.1 Å². The van der Waals surface area contributed by atoms with Gasteiger partial charge in [-0.25, -0.2) is 9.59 Å². The molecule has 0 aliphatic rings. The van der Waals surface area contributed by atoms with Crippen molar-refractivity contribution in [3.63, 3.8) is 0 Å². The van der Waals surface area contributed by atoms with E-state index in [-0.39, 0.29) is 0 Å². The molecule has 0 aromatic carbocycles. The molecule has 1 aromatic heterocycles. The average molecular weight is 251 g/mol. The van der Waals surface area contributed by atoms with Crippen molar-refractivity contribution in [1.29, 1.82) is 0 Å². The van der Waals surface area contributed by atoms with Gasteiger partial charge >= 0.3 is 12.1 Å². The second kappa shape index (κ2) is 7.42. The molecule has 18 heavy (non-hydrogen) atoms. The largest absolute Gasteiger partial charge is 0.516 e. The smallest absolute Gasteiger partial charge is 0.437 e. The summed E-state index contributed by atoms with van der Waals surface area (Å²) in [4.78, 5) is 26.7. The maximum absolute atomic E-state index is 11.7. The minimum absolute atomic E-state index is 0.319. The number of aromatic nitrogens is 1. The SMILES string of the molecule is CCCCCc1ncccc1C(=O)OC(=O)OC. The average Bonchev–Trinajstić information content (AvgIpc) is 2.39. The van der Waals surface area contributed by atoms with Crippen LogP contribution in [-0.2, 0) is 15.9 Å². The van der Waals surface area contributed by atoms with Crippen molar-refractivity contribution < 1.29 is 19.1 Å². The third kappa shape index (κ3) is 4.16. The number of nitrogens with zero attached hydrogens (tertiary/aromatic N) is 1.